The predicted molar refractivity (Wildman–Crippen MR) is 40.2 cm³/mol. The van der Waals surface area contributed by atoms with Crippen LogP contribution in [-0.4, -0.2) is 23.2 Å². The number of hydrogen-bond donors (Lipinski definition) is 1. The summed E-state index contributed by atoms with van der Waals surface area (Å²) in [5.41, 5.74) is -0.121. The number of nitrogens with zero attached hydrogens (tertiary/aromatic N) is 1. The van der Waals surface area contributed by atoms with Crippen molar-refractivity contribution in [1.82, 2.24) is 4.98 Å². The molecule has 12 heavy (non-hydrogen) atoms. The van der Waals surface area contributed by atoms with Crippen LogP contribution in [0.15, 0.2) is 5.38 Å². The molecule has 0 radical (unpaired) electrons. The first-order valence-electron chi connectivity index (χ1n) is 3.01. The maximum Gasteiger partial charge on any atom is 0.344 e. The minimum absolute atomic E-state index is 0.121. The molecule has 1 aromatic rings. The van der Waals surface area contributed by atoms with E-state index in [-0.39, 0.29) is 10.9 Å². The fourth-order valence-corrected chi connectivity index (χ4v) is 1.25. The van der Waals surface area contributed by atoms with Crippen LogP contribution in [0.1, 0.15) is 11.9 Å². The van der Waals surface area contributed by atoms with Gasteiger partial charge < -0.3 is 9.84 Å². The van der Waals surface area contributed by atoms with Crippen LogP contribution in [0.2, 0.25) is 0 Å². The Morgan fingerprint density at radius 1 is 1.92 bits per heavy atom. The minimum Gasteiger partial charge on any atom is -0.479 e. The monoisotopic (exact) mass is 191 g/mol. The Kier molecular flexibility index (Phi) is 2.59. The van der Waals surface area contributed by atoms with E-state index in [1.807, 2.05) is 0 Å². The van der Waals surface area contributed by atoms with Gasteiger partial charge in [-0.2, -0.15) is 0 Å². The summed E-state index contributed by atoms with van der Waals surface area (Å²) >= 11 is 1.06. The highest BCUT2D eigenvalue weighted by molar-refractivity contribution is 7.11. The highest BCUT2D eigenvalue weighted by Gasteiger charge is 2.21. The summed E-state index contributed by atoms with van der Waals surface area (Å²) in [6, 6.07) is 0. The maximum absolute atomic E-state index is 12.7. The molecule has 0 aliphatic rings. The van der Waals surface area contributed by atoms with Gasteiger partial charge in [0.2, 0.25) is 6.17 Å². The SMILES string of the molecule is COc1nc(C(F)C(=O)O)cs1. The van der Waals surface area contributed by atoms with Gasteiger partial charge in [0.1, 0.15) is 5.69 Å². The molecule has 1 heterocycles. The fourth-order valence-electron chi connectivity index (χ4n) is 0.606. The zero-order chi connectivity index (χ0) is 9.14. The van der Waals surface area contributed by atoms with E-state index in [1.54, 1.807) is 0 Å². The van der Waals surface area contributed by atoms with E-state index in [2.05, 4.69) is 9.72 Å². The van der Waals surface area contributed by atoms with Gasteiger partial charge in [0.15, 0.2) is 0 Å². The molecular formula is C6H6FNO3S. The molecule has 1 atom stereocenters. The van der Waals surface area contributed by atoms with E-state index < -0.39 is 12.1 Å². The van der Waals surface area contributed by atoms with Crippen molar-refractivity contribution in [3.8, 4) is 5.19 Å². The number of carbonyl (C=O) groups is 1. The van der Waals surface area contributed by atoms with Crippen molar-refractivity contribution in [2.24, 2.45) is 0 Å². The Morgan fingerprint density at radius 3 is 3.00 bits per heavy atom. The number of aliphatic carboxylic acids is 1. The van der Waals surface area contributed by atoms with Crippen LogP contribution in [0.4, 0.5) is 4.39 Å². The van der Waals surface area contributed by atoms with Crippen molar-refractivity contribution < 1.29 is 19.0 Å². The van der Waals surface area contributed by atoms with Crippen LogP contribution in [0, 0.1) is 0 Å². The number of ether oxygens (including phenoxy) is 1. The van der Waals surface area contributed by atoms with Crippen LogP contribution in [0.25, 0.3) is 0 Å². The number of halogens is 1. The number of carboxylic acid groups (broad SMARTS) is 1. The lowest BCUT2D eigenvalue weighted by molar-refractivity contribution is -0.143. The maximum atomic E-state index is 12.7. The van der Waals surface area contributed by atoms with Crippen molar-refractivity contribution in [3.63, 3.8) is 0 Å². The number of hydrogen-bond acceptors (Lipinski definition) is 4. The molecule has 1 unspecified atom stereocenters. The van der Waals surface area contributed by atoms with Crippen molar-refractivity contribution in [2.75, 3.05) is 7.11 Å². The molecule has 1 rings (SSSR count). The summed E-state index contributed by atoms with van der Waals surface area (Å²) in [6.07, 6.45) is -2.06. The normalized spacial score (nSPS) is 12.5. The van der Waals surface area contributed by atoms with Gasteiger partial charge in [0.05, 0.1) is 7.11 Å². The van der Waals surface area contributed by atoms with Crippen LogP contribution in [0.5, 0.6) is 5.19 Å². The minimum atomic E-state index is -2.06. The van der Waals surface area contributed by atoms with Crippen LogP contribution in [-0.2, 0) is 4.79 Å². The number of thiazole rings is 1. The van der Waals surface area contributed by atoms with Gasteiger partial charge in [-0.1, -0.05) is 11.3 Å². The van der Waals surface area contributed by atoms with Crippen molar-refractivity contribution >= 4 is 17.3 Å². The molecule has 0 saturated carbocycles. The molecule has 0 spiro atoms. The van der Waals surface area contributed by atoms with Crippen LogP contribution < -0.4 is 4.74 Å². The summed E-state index contributed by atoms with van der Waals surface area (Å²) in [7, 11) is 1.39. The van der Waals surface area contributed by atoms with Gasteiger partial charge >= 0.3 is 5.97 Å². The number of methoxy groups -OCH3 is 1. The van der Waals surface area contributed by atoms with Gasteiger partial charge in [-0.05, 0) is 0 Å². The lowest BCUT2D eigenvalue weighted by atomic mass is 10.3. The summed E-state index contributed by atoms with van der Waals surface area (Å²) in [6.45, 7) is 0. The lowest BCUT2D eigenvalue weighted by Crippen LogP contribution is -2.06. The molecule has 0 aromatic carbocycles. The second-order valence-corrected chi connectivity index (χ2v) is 2.76. The molecule has 0 fully saturated rings. The lowest BCUT2D eigenvalue weighted by Gasteiger charge is -1.95. The first-order valence-corrected chi connectivity index (χ1v) is 3.89. The average Bonchev–Trinajstić information content (AvgIpc) is 2.50. The number of aromatic nitrogens is 1. The van der Waals surface area contributed by atoms with Gasteiger partial charge in [-0.25, -0.2) is 14.2 Å². The van der Waals surface area contributed by atoms with Crippen LogP contribution in [0.3, 0.4) is 0 Å². The van der Waals surface area contributed by atoms with Gasteiger partial charge in [-0.3, -0.25) is 0 Å². The van der Waals surface area contributed by atoms with E-state index in [4.69, 9.17) is 5.11 Å². The Morgan fingerprint density at radius 2 is 2.58 bits per heavy atom. The number of rotatable bonds is 3. The molecule has 0 aliphatic carbocycles. The third-order valence-electron chi connectivity index (χ3n) is 1.15. The molecular weight excluding hydrogens is 185 g/mol. The van der Waals surface area contributed by atoms with E-state index in [0.29, 0.717) is 0 Å². The van der Waals surface area contributed by atoms with E-state index >= 15 is 0 Å². The molecule has 66 valence electrons. The molecule has 1 aromatic heterocycles. The second-order valence-electron chi connectivity index (χ2n) is 1.94. The van der Waals surface area contributed by atoms with Crippen molar-refractivity contribution in [2.45, 2.75) is 6.17 Å². The molecule has 6 heteroatoms. The van der Waals surface area contributed by atoms with Crippen molar-refractivity contribution in [3.05, 3.63) is 11.1 Å². The first-order chi connectivity index (χ1) is 5.65. The van der Waals surface area contributed by atoms with E-state index in [1.165, 1.54) is 12.5 Å². The van der Waals surface area contributed by atoms with Gasteiger partial charge in [-0.15, -0.1) is 0 Å². The van der Waals surface area contributed by atoms with Crippen LogP contribution >= 0.6 is 11.3 Å². The quantitative estimate of drug-likeness (QED) is 0.781. The molecule has 0 saturated heterocycles. The summed E-state index contributed by atoms with van der Waals surface area (Å²) < 4.78 is 17.4. The molecule has 1 N–H and O–H groups in total. The molecule has 0 bridgehead atoms. The second kappa shape index (κ2) is 3.48. The Hall–Kier alpha value is -1.17. The zero-order valence-electron chi connectivity index (χ0n) is 6.15. The smallest absolute Gasteiger partial charge is 0.344 e. The van der Waals surface area contributed by atoms with Crippen molar-refractivity contribution in [1.29, 1.82) is 0 Å². The number of alkyl halides is 1. The third kappa shape index (κ3) is 1.70. The topological polar surface area (TPSA) is 59.4 Å². The Balaban J connectivity index is 2.81. The summed E-state index contributed by atoms with van der Waals surface area (Å²) in [4.78, 5) is 13.7. The summed E-state index contributed by atoms with van der Waals surface area (Å²) in [5, 5.41) is 9.84. The highest BCUT2D eigenvalue weighted by Crippen LogP contribution is 2.24. The Bertz CT molecular complexity index is 288. The van der Waals surface area contributed by atoms with Gasteiger partial charge in [0.25, 0.3) is 5.19 Å². The Labute approximate surface area is 71.6 Å². The predicted octanol–water partition coefficient (Wildman–Crippen LogP) is 1.25. The van der Waals surface area contributed by atoms with E-state index in [9.17, 15) is 9.18 Å². The molecule has 0 amide bonds. The molecule has 4 nitrogen and oxygen atoms in total. The zero-order valence-corrected chi connectivity index (χ0v) is 6.97. The van der Waals surface area contributed by atoms with E-state index in [0.717, 1.165) is 11.3 Å². The molecule has 0 aliphatic heterocycles. The number of carboxylic acids is 1. The highest BCUT2D eigenvalue weighted by atomic mass is 32.1. The first kappa shape index (κ1) is 8.92. The fraction of sp³-hybridized carbons (Fsp3) is 0.333. The third-order valence-corrected chi connectivity index (χ3v) is 1.97. The van der Waals surface area contributed by atoms with Gasteiger partial charge in [0, 0.05) is 5.38 Å². The average molecular weight is 191 g/mol. The standard InChI is InChI=1S/C6H6FNO3S/c1-11-6-8-3(2-12-6)4(7)5(9)10/h2,4H,1H3,(H,9,10). The summed E-state index contributed by atoms with van der Waals surface area (Å²) in [5.74, 6) is -1.54. The largest absolute Gasteiger partial charge is 0.479 e.